The third-order valence-electron chi connectivity index (χ3n) is 3.31. The van der Waals surface area contributed by atoms with Gasteiger partial charge < -0.3 is 15.7 Å². The van der Waals surface area contributed by atoms with Crippen LogP contribution in [0.25, 0.3) is 0 Å². The molecular formula is C14H26N4O2. The maximum absolute atomic E-state index is 8.85. The van der Waals surface area contributed by atoms with Crippen LogP contribution in [0.3, 0.4) is 0 Å². The van der Waals surface area contributed by atoms with Gasteiger partial charge in [-0.1, -0.05) is 31.3 Å². The zero-order valence-corrected chi connectivity index (χ0v) is 12.9. The lowest BCUT2D eigenvalue weighted by Crippen LogP contribution is -2.19. The van der Waals surface area contributed by atoms with Gasteiger partial charge in [0.2, 0.25) is 5.88 Å². The molecule has 114 valence electrons. The minimum absolute atomic E-state index is 0.0313. The Balaban J connectivity index is 2.72. The highest BCUT2D eigenvalue weighted by atomic mass is 16.5. The molecule has 3 N–H and O–H groups in total. The zero-order valence-electron chi connectivity index (χ0n) is 12.9. The Morgan fingerprint density at radius 3 is 2.75 bits per heavy atom. The maximum Gasteiger partial charge on any atom is 0.223 e. The molecule has 0 saturated heterocycles. The molecule has 0 fully saturated rings. The van der Waals surface area contributed by atoms with Crippen LogP contribution in [0, 0.1) is 6.92 Å². The number of nitrogens with zero attached hydrogens (tertiary/aromatic N) is 3. The van der Waals surface area contributed by atoms with E-state index in [0.717, 1.165) is 12.8 Å². The number of ether oxygens (including phenoxy) is 1. The van der Waals surface area contributed by atoms with Crippen LogP contribution in [-0.2, 0) is 7.05 Å². The molecule has 1 aromatic heterocycles. The average molecular weight is 282 g/mol. The molecule has 0 aromatic carbocycles. The first-order chi connectivity index (χ1) is 9.51. The van der Waals surface area contributed by atoms with E-state index in [2.05, 4.69) is 17.2 Å². The predicted octanol–water partition coefficient (Wildman–Crippen LogP) is 2.56. The van der Waals surface area contributed by atoms with E-state index in [0.29, 0.717) is 17.1 Å². The largest absolute Gasteiger partial charge is 0.474 e. The summed E-state index contributed by atoms with van der Waals surface area (Å²) in [4.78, 5) is 0. The predicted molar refractivity (Wildman–Crippen MR) is 79.3 cm³/mol. The molecule has 1 heterocycles. The van der Waals surface area contributed by atoms with Crippen LogP contribution < -0.4 is 10.5 Å². The van der Waals surface area contributed by atoms with Crippen LogP contribution in [0.4, 0.5) is 0 Å². The second-order valence-corrected chi connectivity index (χ2v) is 5.15. The lowest BCUT2D eigenvalue weighted by atomic mass is 10.1. The van der Waals surface area contributed by atoms with E-state index in [1.165, 1.54) is 19.3 Å². The van der Waals surface area contributed by atoms with Crippen molar-refractivity contribution in [3.63, 3.8) is 0 Å². The van der Waals surface area contributed by atoms with Crippen LogP contribution in [0.15, 0.2) is 5.16 Å². The summed E-state index contributed by atoms with van der Waals surface area (Å²) in [5.74, 6) is 0.588. The molecule has 6 heteroatoms. The smallest absolute Gasteiger partial charge is 0.223 e. The van der Waals surface area contributed by atoms with Gasteiger partial charge in [0.1, 0.15) is 5.56 Å². The van der Waals surface area contributed by atoms with Crippen molar-refractivity contribution in [2.24, 2.45) is 17.9 Å². The van der Waals surface area contributed by atoms with E-state index in [4.69, 9.17) is 15.7 Å². The quantitative estimate of drug-likeness (QED) is 0.252. The van der Waals surface area contributed by atoms with Gasteiger partial charge in [-0.05, 0) is 26.7 Å². The highest BCUT2D eigenvalue weighted by molar-refractivity contribution is 6.00. The van der Waals surface area contributed by atoms with Crippen LogP contribution in [-0.4, -0.2) is 26.9 Å². The molecule has 0 bridgehead atoms. The summed E-state index contributed by atoms with van der Waals surface area (Å²) in [5, 5.41) is 16.2. The lowest BCUT2D eigenvalue weighted by Gasteiger charge is -2.15. The molecule has 0 radical (unpaired) electrons. The van der Waals surface area contributed by atoms with E-state index >= 15 is 0 Å². The van der Waals surface area contributed by atoms with E-state index in [-0.39, 0.29) is 11.9 Å². The summed E-state index contributed by atoms with van der Waals surface area (Å²) < 4.78 is 7.56. The van der Waals surface area contributed by atoms with Gasteiger partial charge in [0.05, 0.1) is 11.8 Å². The highest BCUT2D eigenvalue weighted by Crippen LogP contribution is 2.23. The Labute approximate surface area is 120 Å². The van der Waals surface area contributed by atoms with Crippen molar-refractivity contribution in [1.29, 1.82) is 0 Å². The minimum atomic E-state index is 0.0313. The van der Waals surface area contributed by atoms with E-state index in [1.54, 1.807) is 11.7 Å². The molecule has 0 aliphatic rings. The summed E-state index contributed by atoms with van der Waals surface area (Å²) in [6.45, 7) is 6.04. The molecule has 0 amide bonds. The Hall–Kier alpha value is -1.72. The fourth-order valence-electron chi connectivity index (χ4n) is 2.23. The van der Waals surface area contributed by atoms with Crippen molar-refractivity contribution in [1.82, 2.24) is 9.78 Å². The number of oxime groups is 1. The Morgan fingerprint density at radius 1 is 1.45 bits per heavy atom. The molecule has 1 rings (SSSR count). The monoisotopic (exact) mass is 282 g/mol. The van der Waals surface area contributed by atoms with Gasteiger partial charge in [-0.15, -0.1) is 0 Å². The molecular weight excluding hydrogens is 256 g/mol. The molecule has 1 atom stereocenters. The molecule has 0 spiro atoms. The fraction of sp³-hybridized carbons (Fsp3) is 0.714. The van der Waals surface area contributed by atoms with Gasteiger partial charge in [-0.3, -0.25) is 0 Å². The van der Waals surface area contributed by atoms with Crippen LogP contribution in [0.2, 0.25) is 0 Å². The first-order valence-corrected chi connectivity index (χ1v) is 7.19. The second kappa shape index (κ2) is 7.77. The maximum atomic E-state index is 8.85. The van der Waals surface area contributed by atoms with Gasteiger partial charge in [0, 0.05) is 7.05 Å². The van der Waals surface area contributed by atoms with Crippen molar-refractivity contribution in [2.75, 3.05) is 0 Å². The van der Waals surface area contributed by atoms with Crippen molar-refractivity contribution in [3.8, 4) is 5.88 Å². The minimum Gasteiger partial charge on any atom is -0.474 e. The summed E-state index contributed by atoms with van der Waals surface area (Å²) in [6.07, 6.45) is 5.91. The fourth-order valence-corrected chi connectivity index (χ4v) is 2.23. The van der Waals surface area contributed by atoms with Gasteiger partial charge in [-0.2, -0.15) is 5.10 Å². The number of amidine groups is 1. The second-order valence-electron chi connectivity index (χ2n) is 5.15. The molecule has 0 aliphatic carbocycles. The highest BCUT2D eigenvalue weighted by Gasteiger charge is 2.20. The number of nitrogens with two attached hydrogens (primary N) is 1. The Kier molecular flexibility index (Phi) is 6.35. The van der Waals surface area contributed by atoms with E-state index in [1.807, 2.05) is 13.8 Å². The van der Waals surface area contributed by atoms with Crippen molar-refractivity contribution < 1.29 is 9.94 Å². The number of hydrogen-bond donors (Lipinski definition) is 2. The summed E-state index contributed by atoms with van der Waals surface area (Å²) in [6, 6.07) is 0. The first-order valence-electron chi connectivity index (χ1n) is 7.19. The van der Waals surface area contributed by atoms with Gasteiger partial charge >= 0.3 is 0 Å². The number of hydrogen-bond acceptors (Lipinski definition) is 4. The third kappa shape index (κ3) is 4.15. The normalized spacial score (nSPS) is 13.5. The Morgan fingerprint density at radius 2 is 2.15 bits per heavy atom. The van der Waals surface area contributed by atoms with Gasteiger partial charge in [0.25, 0.3) is 0 Å². The van der Waals surface area contributed by atoms with Crippen LogP contribution >= 0.6 is 0 Å². The summed E-state index contributed by atoms with van der Waals surface area (Å²) in [5.41, 5.74) is 6.95. The standard InChI is InChI=1S/C14H26N4O2/c1-5-6-7-8-9-10(2)20-14-12(13(15)17-19)11(3)16-18(14)4/h10,19H,5-9H2,1-4H3,(H2,15,17). The van der Waals surface area contributed by atoms with Gasteiger partial charge in [-0.25, -0.2) is 4.68 Å². The van der Waals surface area contributed by atoms with Gasteiger partial charge in [0.15, 0.2) is 5.84 Å². The van der Waals surface area contributed by atoms with Crippen LogP contribution in [0.5, 0.6) is 5.88 Å². The van der Waals surface area contributed by atoms with Crippen molar-refractivity contribution in [2.45, 2.75) is 59.0 Å². The molecule has 1 aromatic rings. The summed E-state index contributed by atoms with van der Waals surface area (Å²) >= 11 is 0. The summed E-state index contributed by atoms with van der Waals surface area (Å²) in [7, 11) is 1.79. The first kappa shape index (κ1) is 16.3. The van der Waals surface area contributed by atoms with Crippen molar-refractivity contribution in [3.05, 3.63) is 11.3 Å². The third-order valence-corrected chi connectivity index (χ3v) is 3.31. The number of rotatable bonds is 8. The Bertz CT molecular complexity index is 454. The average Bonchev–Trinajstić information content (AvgIpc) is 2.68. The number of aryl methyl sites for hydroxylation is 2. The molecule has 6 nitrogen and oxygen atoms in total. The number of unbranched alkanes of at least 4 members (excludes halogenated alkanes) is 3. The molecule has 1 unspecified atom stereocenters. The molecule has 20 heavy (non-hydrogen) atoms. The lowest BCUT2D eigenvalue weighted by molar-refractivity contribution is 0.189. The zero-order chi connectivity index (χ0) is 15.1. The SMILES string of the molecule is CCCCCCC(C)Oc1c(C(N)=NO)c(C)nn1C. The van der Waals surface area contributed by atoms with Crippen molar-refractivity contribution >= 4 is 5.84 Å². The topological polar surface area (TPSA) is 85.7 Å². The van der Waals surface area contributed by atoms with E-state index in [9.17, 15) is 0 Å². The number of aromatic nitrogens is 2. The molecule has 0 aliphatic heterocycles. The van der Waals surface area contributed by atoms with Crippen LogP contribution in [0.1, 0.15) is 57.2 Å². The molecule has 0 saturated carbocycles. The van der Waals surface area contributed by atoms with E-state index < -0.39 is 0 Å².